The van der Waals surface area contributed by atoms with Crippen LogP contribution in [0.15, 0.2) is 47.4 Å². The lowest BCUT2D eigenvalue weighted by atomic mass is 10.1. The molecule has 0 bridgehead atoms. The number of thioether (sulfide) groups is 1. The van der Waals surface area contributed by atoms with Crippen molar-refractivity contribution in [1.82, 2.24) is 0 Å². The second kappa shape index (κ2) is 8.80. The summed E-state index contributed by atoms with van der Waals surface area (Å²) in [6.45, 7) is 3.60. The molecule has 7 heteroatoms. The number of amides is 1. The normalized spacial score (nSPS) is 11.9. The van der Waals surface area contributed by atoms with Gasteiger partial charge in [0.05, 0.1) is 12.8 Å². The molecule has 0 radical (unpaired) electrons. The third-order valence-electron chi connectivity index (χ3n) is 3.60. The standard InChI is InChI=1S/C19H19F2NO3S/c1-11(2)17(19(24)25-3)26-16-10-15(13(20)9-14(16)21)22-18(23)12-7-5-4-6-8-12/h4-11,17H,1-3H3,(H,22,23). The Hall–Kier alpha value is -2.41. The monoisotopic (exact) mass is 379 g/mol. The molecule has 1 atom stereocenters. The van der Waals surface area contributed by atoms with E-state index in [0.717, 1.165) is 11.8 Å². The summed E-state index contributed by atoms with van der Waals surface area (Å²) in [7, 11) is 1.25. The van der Waals surface area contributed by atoms with Gasteiger partial charge in [-0.25, -0.2) is 8.78 Å². The number of ether oxygens (including phenoxy) is 1. The smallest absolute Gasteiger partial charge is 0.319 e. The van der Waals surface area contributed by atoms with Crippen LogP contribution < -0.4 is 5.32 Å². The third-order valence-corrected chi connectivity index (χ3v) is 5.16. The van der Waals surface area contributed by atoms with Gasteiger partial charge in [-0.3, -0.25) is 9.59 Å². The highest BCUT2D eigenvalue weighted by atomic mass is 32.2. The first-order chi connectivity index (χ1) is 12.3. The van der Waals surface area contributed by atoms with Gasteiger partial charge in [0.25, 0.3) is 5.91 Å². The molecule has 1 unspecified atom stereocenters. The predicted octanol–water partition coefficient (Wildman–Crippen LogP) is 4.51. The van der Waals surface area contributed by atoms with Gasteiger partial charge < -0.3 is 10.1 Å². The summed E-state index contributed by atoms with van der Waals surface area (Å²) in [6.07, 6.45) is 0. The molecule has 0 aromatic heterocycles. The molecule has 0 spiro atoms. The van der Waals surface area contributed by atoms with Crippen molar-refractivity contribution in [3.05, 3.63) is 59.7 Å². The summed E-state index contributed by atoms with van der Waals surface area (Å²) in [5.41, 5.74) is 0.190. The fraction of sp³-hybridized carbons (Fsp3) is 0.263. The molecule has 4 nitrogen and oxygen atoms in total. The van der Waals surface area contributed by atoms with Crippen LogP contribution in [-0.4, -0.2) is 24.2 Å². The van der Waals surface area contributed by atoms with E-state index >= 15 is 0 Å². The van der Waals surface area contributed by atoms with Crippen molar-refractivity contribution >= 4 is 29.3 Å². The zero-order valence-corrected chi connectivity index (χ0v) is 15.4. The van der Waals surface area contributed by atoms with E-state index in [2.05, 4.69) is 5.32 Å². The average molecular weight is 379 g/mol. The van der Waals surface area contributed by atoms with Crippen LogP contribution >= 0.6 is 11.8 Å². The minimum atomic E-state index is -0.893. The lowest BCUT2D eigenvalue weighted by Crippen LogP contribution is -2.24. The van der Waals surface area contributed by atoms with Crippen LogP contribution in [0.1, 0.15) is 24.2 Å². The highest BCUT2D eigenvalue weighted by Crippen LogP contribution is 2.34. The summed E-state index contributed by atoms with van der Waals surface area (Å²) in [4.78, 5) is 24.1. The molecule has 0 heterocycles. The van der Waals surface area contributed by atoms with E-state index in [9.17, 15) is 18.4 Å². The van der Waals surface area contributed by atoms with Crippen LogP contribution in [0.5, 0.6) is 0 Å². The minimum Gasteiger partial charge on any atom is -0.468 e. The van der Waals surface area contributed by atoms with Crippen LogP contribution in [0.3, 0.4) is 0 Å². The highest BCUT2D eigenvalue weighted by Gasteiger charge is 2.26. The van der Waals surface area contributed by atoms with E-state index in [1.165, 1.54) is 13.2 Å². The van der Waals surface area contributed by atoms with Crippen LogP contribution in [-0.2, 0) is 9.53 Å². The maximum atomic E-state index is 14.2. The summed E-state index contributed by atoms with van der Waals surface area (Å²) in [6, 6.07) is 10.2. The number of halogens is 2. The number of hydrogen-bond donors (Lipinski definition) is 1. The van der Waals surface area contributed by atoms with Gasteiger partial charge in [0, 0.05) is 16.5 Å². The van der Waals surface area contributed by atoms with Crippen LogP contribution in [0, 0.1) is 17.6 Å². The predicted molar refractivity (Wildman–Crippen MR) is 97.3 cm³/mol. The average Bonchev–Trinajstić information content (AvgIpc) is 2.62. The van der Waals surface area contributed by atoms with Crippen molar-refractivity contribution < 1.29 is 23.1 Å². The van der Waals surface area contributed by atoms with Gasteiger partial charge in [-0.1, -0.05) is 32.0 Å². The molecule has 0 saturated heterocycles. The number of hydrogen-bond acceptors (Lipinski definition) is 4. The molecule has 0 aliphatic carbocycles. The lowest BCUT2D eigenvalue weighted by Gasteiger charge is -2.18. The van der Waals surface area contributed by atoms with Crippen molar-refractivity contribution in [2.45, 2.75) is 24.0 Å². The van der Waals surface area contributed by atoms with Crippen molar-refractivity contribution in [1.29, 1.82) is 0 Å². The van der Waals surface area contributed by atoms with E-state index in [-0.39, 0.29) is 16.5 Å². The Morgan fingerprint density at radius 2 is 1.73 bits per heavy atom. The van der Waals surface area contributed by atoms with E-state index in [1.807, 2.05) is 0 Å². The van der Waals surface area contributed by atoms with Crippen LogP contribution in [0.4, 0.5) is 14.5 Å². The SMILES string of the molecule is COC(=O)C(Sc1cc(NC(=O)c2ccccc2)c(F)cc1F)C(C)C. The molecule has 138 valence electrons. The number of carbonyl (C=O) groups excluding carboxylic acids is 2. The number of benzene rings is 2. The Balaban J connectivity index is 2.28. The number of nitrogens with one attached hydrogen (secondary N) is 1. The van der Waals surface area contributed by atoms with E-state index in [0.29, 0.717) is 11.6 Å². The molecular formula is C19H19F2NO3S. The zero-order valence-electron chi connectivity index (χ0n) is 14.6. The number of rotatable bonds is 6. The molecule has 0 saturated carbocycles. The van der Waals surface area contributed by atoms with Crippen LogP contribution in [0.2, 0.25) is 0 Å². The van der Waals surface area contributed by atoms with Crippen LogP contribution in [0.25, 0.3) is 0 Å². The molecule has 2 aromatic rings. The second-order valence-corrected chi connectivity index (χ2v) is 7.07. The molecule has 0 aliphatic rings. The Morgan fingerprint density at radius 3 is 2.31 bits per heavy atom. The second-order valence-electron chi connectivity index (χ2n) is 5.89. The van der Waals surface area contributed by atoms with Gasteiger partial charge in [0.2, 0.25) is 0 Å². The van der Waals surface area contributed by atoms with Gasteiger partial charge in [0.15, 0.2) is 0 Å². The fourth-order valence-electron chi connectivity index (χ4n) is 2.21. The summed E-state index contributed by atoms with van der Waals surface area (Å²) < 4.78 is 33.0. The van der Waals surface area contributed by atoms with E-state index in [4.69, 9.17) is 4.74 Å². The number of carbonyl (C=O) groups is 2. The first-order valence-corrected chi connectivity index (χ1v) is 8.81. The number of esters is 1. The lowest BCUT2D eigenvalue weighted by molar-refractivity contribution is -0.140. The van der Waals surface area contributed by atoms with Gasteiger partial charge in [0.1, 0.15) is 16.9 Å². The zero-order chi connectivity index (χ0) is 19.3. The first-order valence-electron chi connectivity index (χ1n) is 7.93. The molecule has 0 aliphatic heterocycles. The molecule has 26 heavy (non-hydrogen) atoms. The third kappa shape index (κ3) is 4.82. The number of methoxy groups -OCH3 is 1. The van der Waals surface area contributed by atoms with Crippen molar-refractivity contribution in [2.24, 2.45) is 5.92 Å². The van der Waals surface area contributed by atoms with Gasteiger partial charge >= 0.3 is 5.97 Å². The Bertz CT molecular complexity index is 797. The maximum Gasteiger partial charge on any atom is 0.319 e. The summed E-state index contributed by atoms with van der Waals surface area (Å²) in [5.74, 6) is -2.83. The van der Waals surface area contributed by atoms with Crippen molar-refractivity contribution in [3.8, 4) is 0 Å². The fourth-order valence-corrected chi connectivity index (χ4v) is 3.30. The van der Waals surface area contributed by atoms with Crippen molar-refractivity contribution in [3.63, 3.8) is 0 Å². The molecule has 2 aromatic carbocycles. The van der Waals surface area contributed by atoms with Crippen molar-refractivity contribution in [2.75, 3.05) is 12.4 Å². The number of anilines is 1. The molecule has 0 fully saturated rings. The summed E-state index contributed by atoms with van der Waals surface area (Å²) in [5, 5.41) is 1.77. The Morgan fingerprint density at radius 1 is 1.08 bits per heavy atom. The topological polar surface area (TPSA) is 55.4 Å². The molecule has 2 rings (SSSR count). The highest BCUT2D eigenvalue weighted by molar-refractivity contribution is 8.00. The molecule has 1 N–H and O–H groups in total. The Labute approximate surface area is 154 Å². The quantitative estimate of drug-likeness (QED) is 0.593. The van der Waals surface area contributed by atoms with Gasteiger partial charge in [-0.15, -0.1) is 11.8 Å². The largest absolute Gasteiger partial charge is 0.468 e. The first kappa shape index (κ1) is 19.9. The van der Waals surface area contributed by atoms with Gasteiger partial charge in [-0.05, 0) is 24.1 Å². The van der Waals surface area contributed by atoms with Gasteiger partial charge in [-0.2, -0.15) is 0 Å². The minimum absolute atomic E-state index is 0.0545. The molecular weight excluding hydrogens is 360 g/mol. The summed E-state index contributed by atoms with van der Waals surface area (Å²) >= 11 is 0.934. The van der Waals surface area contributed by atoms with E-state index < -0.39 is 28.8 Å². The Kier molecular flexibility index (Phi) is 6.74. The maximum absolute atomic E-state index is 14.2. The van der Waals surface area contributed by atoms with E-state index in [1.54, 1.807) is 44.2 Å². The molecule has 1 amide bonds.